The van der Waals surface area contributed by atoms with Gasteiger partial charge in [-0.25, -0.2) is 0 Å². The fraction of sp³-hybridized carbons (Fsp3) is 0.478. The van der Waals surface area contributed by atoms with Crippen molar-refractivity contribution in [3.8, 4) is 5.75 Å². The van der Waals surface area contributed by atoms with Crippen molar-refractivity contribution >= 4 is 34.7 Å². The van der Waals surface area contributed by atoms with Gasteiger partial charge in [0.1, 0.15) is 5.75 Å². The maximum atomic E-state index is 13.5. The molecule has 0 radical (unpaired) electrons. The van der Waals surface area contributed by atoms with Crippen LogP contribution in [-0.2, 0) is 16.7 Å². The summed E-state index contributed by atoms with van der Waals surface area (Å²) in [6, 6.07) is 5.52. The van der Waals surface area contributed by atoms with Gasteiger partial charge in [-0.1, -0.05) is 36.9 Å². The van der Waals surface area contributed by atoms with Gasteiger partial charge >= 0.3 is 5.95 Å². The number of carbonyl (C=O) groups excluding carboxylic acids is 1. The second kappa shape index (κ2) is 8.79. The van der Waals surface area contributed by atoms with E-state index in [4.69, 9.17) is 26.8 Å². The largest absolute Gasteiger partial charge is 0.494 e. The summed E-state index contributed by atoms with van der Waals surface area (Å²) in [5.41, 5.74) is 9.84. The van der Waals surface area contributed by atoms with Gasteiger partial charge in [0.15, 0.2) is 17.5 Å². The minimum absolute atomic E-state index is 0.0231. The smallest absolute Gasteiger partial charge is 0.366 e. The van der Waals surface area contributed by atoms with E-state index < -0.39 is 0 Å². The molecule has 1 aromatic carbocycles. The number of ketones is 1. The average Bonchev–Trinajstić information content (AvgIpc) is 3.08. The summed E-state index contributed by atoms with van der Waals surface area (Å²) in [6.07, 6.45) is 0. The maximum absolute atomic E-state index is 13.5. The van der Waals surface area contributed by atoms with Crippen LogP contribution in [-0.4, -0.2) is 54.1 Å². The first-order valence-corrected chi connectivity index (χ1v) is 11.3. The minimum Gasteiger partial charge on any atom is -0.494 e. The summed E-state index contributed by atoms with van der Waals surface area (Å²) < 4.78 is 14.3. The summed E-state index contributed by atoms with van der Waals surface area (Å²) in [5, 5.41) is 9.01. The maximum Gasteiger partial charge on any atom is 0.366 e. The lowest BCUT2D eigenvalue weighted by Gasteiger charge is -2.33. The SMILES string of the molecule is COc1c(N2CCOCC2)cc(C(=O)Cn2nc3c(C)cc(Cl)n[n+]3c2N)cc1C(C)(C)C. The Morgan fingerprint density at radius 2 is 1.97 bits per heavy atom. The number of ether oxygens (including phenoxy) is 2. The molecule has 10 heteroatoms. The van der Waals surface area contributed by atoms with E-state index in [2.05, 4.69) is 35.9 Å². The van der Waals surface area contributed by atoms with Gasteiger partial charge in [0.2, 0.25) is 0 Å². The molecule has 4 rings (SSSR count). The van der Waals surface area contributed by atoms with Gasteiger partial charge in [0.05, 0.1) is 26.0 Å². The molecule has 3 aromatic rings. The Hall–Kier alpha value is -2.91. The van der Waals surface area contributed by atoms with Gasteiger partial charge in [-0.15, -0.1) is 9.78 Å². The van der Waals surface area contributed by atoms with Crippen LogP contribution in [0.15, 0.2) is 18.2 Å². The summed E-state index contributed by atoms with van der Waals surface area (Å²) in [7, 11) is 1.67. The van der Waals surface area contributed by atoms with Gasteiger partial charge in [-0.05, 0) is 30.5 Å². The number of nitrogens with two attached hydrogens (primary N) is 1. The number of hydrogen-bond acceptors (Lipinski definition) is 7. The first-order valence-electron chi connectivity index (χ1n) is 10.9. The molecule has 0 atom stereocenters. The van der Waals surface area contributed by atoms with Crippen LogP contribution in [0.25, 0.3) is 5.65 Å². The van der Waals surface area contributed by atoms with Crippen molar-refractivity contribution in [1.82, 2.24) is 14.9 Å². The number of morpholine rings is 1. The van der Waals surface area contributed by atoms with Crippen LogP contribution in [0.2, 0.25) is 5.15 Å². The van der Waals surface area contributed by atoms with Gasteiger partial charge in [0.25, 0.3) is 5.65 Å². The number of aryl methyl sites for hydroxylation is 1. The highest BCUT2D eigenvalue weighted by atomic mass is 35.5. The Morgan fingerprint density at radius 1 is 1.27 bits per heavy atom. The molecule has 1 saturated heterocycles. The van der Waals surface area contributed by atoms with Crippen LogP contribution in [0.5, 0.6) is 5.75 Å². The number of rotatable bonds is 5. The Balaban J connectivity index is 1.76. The molecule has 2 aromatic heterocycles. The number of methoxy groups -OCH3 is 1. The molecule has 176 valence electrons. The van der Waals surface area contributed by atoms with E-state index in [1.165, 1.54) is 9.20 Å². The van der Waals surface area contributed by atoms with E-state index in [0.29, 0.717) is 29.6 Å². The van der Waals surface area contributed by atoms with E-state index >= 15 is 0 Å². The van der Waals surface area contributed by atoms with Crippen LogP contribution in [0.3, 0.4) is 0 Å². The van der Waals surface area contributed by atoms with Gasteiger partial charge < -0.3 is 20.1 Å². The number of nitrogen functional groups attached to an aromatic ring is 1. The number of fused-ring (bicyclic) bond motifs is 1. The second-order valence-electron chi connectivity index (χ2n) is 9.25. The first kappa shape index (κ1) is 23.3. The highest BCUT2D eigenvalue weighted by Crippen LogP contribution is 2.40. The highest BCUT2D eigenvalue weighted by Gasteiger charge is 2.28. The summed E-state index contributed by atoms with van der Waals surface area (Å²) >= 11 is 6.07. The Kier molecular flexibility index (Phi) is 6.20. The van der Waals surface area contributed by atoms with Gasteiger partial charge in [-0.3, -0.25) is 4.79 Å². The second-order valence-corrected chi connectivity index (χ2v) is 9.64. The number of Topliss-reactive ketones (excluding diaryl/α,β-unsaturated/α-hetero) is 1. The zero-order valence-electron chi connectivity index (χ0n) is 19.7. The molecule has 0 unspecified atom stereocenters. The number of benzene rings is 1. The molecule has 1 aliphatic rings. The van der Waals surface area contributed by atoms with E-state index in [-0.39, 0.29) is 23.7 Å². The van der Waals surface area contributed by atoms with E-state index in [1.807, 2.05) is 19.1 Å². The molecule has 0 bridgehead atoms. The number of anilines is 2. The predicted octanol–water partition coefficient (Wildman–Crippen LogP) is 2.59. The zero-order valence-corrected chi connectivity index (χ0v) is 20.4. The topological polar surface area (TPSA) is 99.6 Å². The molecule has 33 heavy (non-hydrogen) atoms. The van der Waals surface area contributed by atoms with Gasteiger partial charge in [0, 0.05) is 34.9 Å². The third-order valence-electron chi connectivity index (χ3n) is 5.83. The lowest BCUT2D eigenvalue weighted by Crippen LogP contribution is -2.37. The van der Waals surface area contributed by atoms with Crippen LogP contribution in [0, 0.1) is 6.92 Å². The van der Waals surface area contributed by atoms with Crippen LogP contribution < -0.4 is 19.9 Å². The number of halogens is 1. The van der Waals surface area contributed by atoms with Crippen molar-refractivity contribution in [2.24, 2.45) is 0 Å². The fourth-order valence-electron chi connectivity index (χ4n) is 4.07. The normalized spacial score (nSPS) is 14.7. The van der Waals surface area contributed by atoms with Crippen molar-refractivity contribution in [2.75, 3.05) is 44.0 Å². The molecule has 0 amide bonds. The predicted molar refractivity (Wildman–Crippen MR) is 126 cm³/mol. The Bertz CT molecular complexity index is 1210. The van der Waals surface area contributed by atoms with E-state index in [9.17, 15) is 4.79 Å². The van der Waals surface area contributed by atoms with Crippen molar-refractivity contribution in [2.45, 2.75) is 39.7 Å². The van der Waals surface area contributed by atoms with Crippen LogP contribution >= 0.6 is 11.6 Å². The van der Waals surface area contributed by atoms with Gasteiger partial charge in [-0.2, -0.15) is 0 Å². The van der Waals surface area contributed by atoms with Crippen molar-refractivity contribution in [3.05, 3.63) is 40.0 Å². The monoisotopic (exact) mass is 473 g/mol. The summed E-state index contributed by atoms with van der Waals surface area (Å²) in [5.74, 6) is 0.916. The zero-order chi connectivity index (χ0) is 23.9. The van der Waals surface area contributed by atoms with Crippen LogP contribution in [0.4, 0.5) is 11.6 Å². The lowest BCUT2D eigenvalue weighted by molar-refractivity contribution is -0.566. The Labute approximate surface area is 198 Å². The third-order valence-corrected chi connectivity index (χ3v) is 6.01. The van der Waals surface area contributed by atoms with Crippen molar-refractivity contribution in [3.63, 3.8) is 0 Å². The molecular formula is C23H30ClN6O3+. The molecule has 0 spiro atoms. The third kappa shape index (κ3) is 4.47. The van der Waals surface area contributed by atoms with E-state index in [1.54, 1.807) is 13.2 Å². The summed E-state index contributed by atoms with van der Waals surface area (Å²) in [6.45, 7) is 10.9. The Morgan fingerprint density at radius 3 is 2.61 bits per heavy atom. The van der Waals surface area contributed by atoms with E-state index in [0.717, 1.165) is 35.7 Å². The quantitative estimate of drug-likeness (QED) is 0.449. The van der Waals surface area contributed by atoms with Crippen LogP contribution in [0.1, 0.15) is 42.3 Å². The molecule has 0 saturated carbocycles. The standard InChI is InChI=1S/C23H29ClN6O3/c1-14-10-19(24)26-30-21(14)27-29(22(30)25)13-18(31)15-11-16(23(2,3)4)20(32-5)17(12-15)28-6-8-33-9-7-28/h10-12,25H,6-9,13H2,1-5H3/p+1. The fourth-order valence-corrected chi connectivity index (χ4v) is 4.31. The lowest BCUT2D eigenvalue weighted by atomic mass is 9.84. The molecule has 1 fully saturated rings. The van der Waals surface area contributed by atoms with Crippen molar-refractivity contribution in [1.29, 1.82) is 0 Å². The molecule has 9 nitrogen and oxygen atoms in total. The van der Waals surface area contributed by atoms with Crippen molar-refractivity contribution < 1.29 is 18.8 Å². The molecule has 1 aliphatic heterocycles. The number of hydrogen-bond donors (Lipinski definition) is 1. The number of nitrogens with zero attached hydrogens (tertiary/aromatic N) is 5. The average molecular weight is 474 g/mol. The highest BCUT2D eigenvalue weighted by molar-refractivity contribution is 6.29. The summed E-state index contributed by atoms with van der Waals surface area (Å²) in [4.78, 5) is 15.7. The number of aromatic nitrogens is 4. The first-order chi connectivity index (χ1) is 15.6. The number of carbonyl (C=O) groups is 1. The molecule has 0 aliphatic carbocycles. The molecule has 2 N–H and O–H groups in total. The molecule has 3 heterocycles. The molecular weight excluding hydrogens is 444 g/mol. The minimum atomic E-state index is -0.226.